The fourth-order valence-corrected chi connectivity index (χ4v) is 2.42. The molecule has 0 saturated carbocycles. The number of aliphatic imine (C=N–C) groups is 1. The minimum Gasteiger partial charge on any atom is -0.390 e. The maximum absolute atomic E-state index is 6.02. The van der Waals surface area contributed by atoms with Crippen LogP contribution in [0, 0.1) is 0 Å². The Kier molecular flexibility index (Phi) is 4.95. The van der Waals surface area contributed by atoms with Crippen molar-refractivity contribution in [2.24, 2.45) is 10.7 Å². The molecule has 0 aliphatic carbocycles. The van der Waals surface area contributed by atoms with Crippen LogP contribution >= 0.6 is 34.5 Å². The van der Waals surface area contributed by atoms with Crippen molar-refractivity contribution >= 4 is 52.1 Å². The lowest BCUT2D eigenvalue weighted by molar-refractivity contribution is 1.38. The van der Waals surface area contributed by atoms with Gasteiger partial charge >= 0.3 is 0 Å². The Hall–Kier alpha value is -1.62. The zero-order valence-electron chi connectivity index (χ0n) is 10.4. The maximum Gasteiger partial charge on any atom is 0.122 e. The van der Waals surface area contributed by atoms with Gasteiger partial charge in [0.05, 0.1) is 22.1 Å². The van der Waals surface area contributed by atoms with E-state index >= 15 is 0 Å². The van der Waals surface area contributed by atoms with Crippen LogP contribution in [0.5, 0.6) is 0 Å². The van der Waals surface area contributed by atoms with Crippen LogP contribution in [0.4, 0.5) is 0 Å². The molecule has 0 amide bonds. The quantitative estimate of drug-likeness (QED) is 0.512. The van der Waals surface area contributed by atoms with Gasteiger partial charge in [0, 0.05) is 22.7 Å². The molecule has 0 fully saturated rings. The van der Waals surface area contributed by atoms with Crippen molar-refractivity contribution in [2.75, 3.05) is 0 Å². The monoisotopic (exact) mass is 323 g/mol. The Morgan fingerprint density at radius 3 is 2.75 bits per heavy atom. The molecular weight excluding hydrogens is 313 g/mol. The second kappa shape index (κ2) is 6.70. The number of nitrogens with two attached hydrogens (primary N) is 1. The summed E-state index contributed by atoms with van der Waals surface area (Å²) >= 11 is 13.4. The molecule has 3 nitrogen and oxygen atoms in total. The van der Waals surface area contributed by atoms with Crippen LogP contribution in [-0.4, -0.2) is 11.3 Å². The molecule has 6 heteroatoms. The highest BCUT2D eigenvalue weighted by Crippen LogP contribution is 2.28. The van der Waals surface area contributed by atoms with Crippen molar-refractivity contribution in [3.8, 4) is 0 Å². The molecule has 0 radical (unpaired) electrons. The van der Waals surface area contributed by atoms with Gasteiger partial charge in [-0.25, -0.2) is 9.98 Å². The number of hydrogen-bond donors (Lipinski definition) is 1. The van der Waals surface area contributed by atoms with Gasteiger partial charge in [-0.3, -0.25) is 0 Å². The van der Waals surface area contributed by atoms with E-state index in [0.717, 1.165) is 16.1 Å². The molecule has 2 rings (SSSR count). The Bertz CT molecular complexity index is 676. The zero-order valence-corrected chi connectivity index (χ0v) is 12.7. The molecule has 20 heavy (non-hydrogen) atoms. The number of aromatic nitrogens is 1. The molecule has 102 valence electrons. The second-order valence-corrected chi connectivity index (χ2v) is 5.51. The fraction of sp³-hybridized carbons (Fsp3) is 0. The minimum atomic E-state index is 0.460. The smallest absolute Gasteiger partial charge is 0.122 e. The van der Waals surface area contributed by atoms with Gasteiger partial charge in [-0.05, 0) is 18.2 Å². The van der Waals surface area contributed by atoms with E-state index in [0.29, 0.717) is 15.7 Å². The molecule has 0 aliphatic heterocycles. The molecule has 1 aromatic heterocycles. The number of benzene rings is 1. The van der Waals surface area contributed by atoms with Crippen LogP contribution in [0.2, 0.25) is 10.0 Å². The molecule has 1 heterocycles. The summed E-state index contributed by atoms with van der Waals surface area (Å²) < 4.78 is 0. The molecule has 0 unspecified atom stereocenters. The average Bonchev–Trinajstić information content (AvgIpc) is 2.95. The zero-order chi connectivity index (χ0) is 14.5. The Balaban J connectivity index is 2.40. The van der Waals surface area contributed by atoms with E-state index in [2.05, 4.69) is 16.6 Å². The summed E-state index contributed by atoms with van der Waals surface area (Å²) in [5.74, 6) is 0. The first-order valence-electron chi connectivity index (χ1n) is 5.62. The van der Waals surface area contributed by atoms with Crippen molar-refractivity contribution in [1.29, 1.82) is 0 Å². The summed E-state index contributed by atoms with van der Waals surface area (Å²) in [6, 6.07) is 5.27. The van der Waals surface area contributed by atoms with Crippen molar-refractivity contribution < 1.29 is 0 Å². The molecular formula is C14H11Cl2N3S. The van der Waals surface area contributed by atoms with Crippen LogP contribution in [0.25, 0.3) is 11.3 Å². The maximum atomic E-state index is 6.02. The van der Waals surface area contributed by atoms with E-state index in [1.165, 1.54) is 17.7 Å². The highest BCUT2D eigenvalue weighted by atomic mass is 35.5. The van der Waals surface area contributed by atoms with Crippen LogP contribution < -0.4 is 5.73 Å². The van der Waals surface area contributed by atoms with Gasteiger partial charge in [0.2, 0.25) is 0 Å². The van der Waals surface area contributed by atoms with Gasteiger partial charge in [-0.15, -0.1) is 11.3 Å². The van der Waals surface area contributed by atoms with Crippen LogP contribution in [-0.2, 0) is 0 Å². The Labute approximate surface area is 131 Å². The third-order valence-corrected chi connectivity index (χ3v) is 4.03. The van der Waals surface area contributed by atoms with E-state index in [1.807, 2.05) is 17.5 Å². The molecule has 2 N–H and O–H groups in total. The van der Waals surface area contributed by atoms with Gasteiger partial charge in [-0.1, -0.05) is 35.8 Å². The largest absolute Gasteiger partial charge is 0.390 e. The normalized spacial score (nSPS) is 12.0. The third kappa shape index (κ3) is 3.48. The van der Waals surface area contributed by atoms with Crippen molar-refractivity contribution in [2.45, 2.75) is 0 Å². The first-order valence-corrected chi connectivity index (χ1v) is 7.25. The first kappa shape index (κ1) is 14.8. The lowest BCUT2D eigenvalue weighted by Gasteiger charge is -2.05. The molecule has 0 spiro atoms. The van der Waals surface area contributed by atoms with Crippen LogP contribution in [0.15, 0.2) is 47.4 Å². The summed E-state index contributed by atoms with van der Waals surface area (Å²) in [5.41, 5.74) is 7.60. The summed E-state index contributed by atoms with van der Waals surface area (Å²) in [6.07, 6.45) is 4.76. The predicted molar refractivity (Wildman–Crippen MR) is 88.3 cm³/mol. The van der Waals surface area contributed by atoms with Gasteiger partial charge in [-0.2, -0.15) is 0 Å². The topological polar surface area (TPSA) is 51.3 Å². The highest BCUT2D eigenvalue weighted by Gasteiger charge is 2.06. The van der Waals surface area contributed by atoms with Crippen LogP contribution in [0.1, 0.15) is 10.6 Å². The third-order valence-electron chi connectivity index (χ3n) is 2.45. The number of rotatable bonds is 4. The highest BCUT2D eigenvalue weighted by molar-refractivity contribution is 7.10. The molecule has 0 saturated heterocycles. The van der Waals surface area contributed by atoms with E-state index in [-0.39, 0.29) is 0 Å². The number of thiazole rings is 1. The summed E-state index contributed by atoms with van der Waals surface area (Å²) in [5, 5.41) is 3.67. The van der Waals surface area contributed by atoms with Gasteiger partial charge < -0.3 is 5.73 Å². The lowest BCUT2D eigenvalue weighted by Crippen LogP contribution is -1.91. The molecule has 2 aromatic rings. The van der Waals surface area contributed by atoms with Crippen molar-refractivity contribution in [1.82, 2.24) is 4.98 Å². The van der Waals surface area contributed by atoms with Gasteiger partial charge in [0.15, 0.2) is 0 Å². The van der Waals surface area contributed by atoms with E-state index < -0.39 is 0 Å². The van der Waals surface area contributed by atoms with Gasteiger partial charge in [0.25, 0.3) is 0 Å². The Morgan fingerprint density at radius 1 is 1.35 bits per heavy atom. The predicted octanol–water partition coefficient (Wildman–Crippen LogP) is 4.49. The summed E-state index contributed by atoms with van der Waals surface area (Å²) in [7, 11) is 0. The number of nitrogens with zero attached hydrogens (tertiary/aromatic N) is 2. The minimum absolute atomic E-state index is 0.460. The first-order chi connectivity index (χ1) is 9.61. The van der Waals surface area contributed by atoms with Crippen molar-refractivity contribution in [3.63, 3.8) is 0 Å². The van der Waals surface area contributed by atoms with Gasteiger partial charge in [0.1, 0.15) is 5.01 Å². The fourth-order valence-electron chi connectivity index (χ4n) is 1.54. The number of halogens is 2. The average molecular weight is 324 g/mol. The number of allylic oxidation sites excluding steroid dienone is 2. The second-order valence-electron chi connectivity index (χ2n) is 3.80. The van der Waals surface area contributed by atoms with E-state index in [9.17, 15) is 0 Å². The number of hydrogen-bond acceptors (Lipinski definition) is 3. The lowest BCUT2D eigenvalue weighted by atomic mass is 10.1. The summed E-state index contributed by atoms with van der Waals surface area (Å²) in [4.78, 5) is 8.34. The molecule has 0 atom stereocenters. The molecule has 1 aromatic carbocycles. The molecule has 0 bridgehead atoms. The summed E-state index contributed by atoms with van der Waals surface area (Å²) in [6.45, 7) is 3.98. The van der Waals surface area contributed by atoms with Crippen LogP contribution in [0.3, 0.4) is 0 Å². The van der Waals surface area contributed by atoms with E-state index in [1.54, 1.807) is 18.3 Å². The molecule has 0 aliphatic rings. The SMILES string of the molecule is C=C(/C=C(\N=CN)c1ccc(Cl)c(Cl)c1)c1nccs1. The Morgan fingerprint density at radius 2 is 2.15 bits per heavy atom. The van der Waals surface area contributed by atoms with Crippen molar-refractivity contribution in [3.05, 3.63) is 63.0 Å². The van der Waals surface area contributed by atoms with E-state index in [4.69, 9.17) is 28.9 Å². The standard InChI is InChI=1S/C14H11Cl2N3S/c1-9(14-18-4-5-20-14)6-13(19-8-17)10-2-3-11(15)12(16)7-10/h2-8H,1H2,(H2,17,19)/b13-6-.